The Morgan fingerprint density at radius 3 is 2.63 bits per heavy atom. The van der Waals surface area contributed by atoms with Crippen molar-refractivity contribution in [2.75, 3.05) is 19.4 Å². The molecular formula is C26H31FN6O5. The highest BCUT2D eigenvalue weighted by Gasteiger charge is 2.24. The molecule has 38 heavy (non-hydrogen) atoms. The first-order valence-corrected chi connectivity index (χ1v) is 12.0. The molecule has 0 atom stereocenters. The third kappa shape index (κ3) is 7.34. The van der Waals surface area contributed by atoms with Crippen LogP contribution in [0.15, 0.2) is 47.7 Å². The van der Waals surface area contributed by atoms with E-state index >= 15 is 0 Å². The van der Waals surface area contributed by atoms with Gasteiger partial charge in [-0.15, -0.1) is 0 Å². The van der Waals surface area contributed by atoms with Crippen LogP contribution in [-0.4, -0.2) is 61.6 Å². The lowest BCUT2D eigenvalue weighted by Crippen LogP contribution is -2.30. The highest BCUT2D eigenvalue weighted by molar-refractivity contribution is 5.90. The van der Waals surface area contributed by atoms with Gasteiger partial charge in [-0.3, -0.25) is 19.0 Å². The van der Waals surface area contributed by atoms with E-state index in [-0.39, 0.29) is 41.8 Å². The quantitative estimate of drug-likeness (QED) is 0.352. The number of amides is 2. The highest BCUT2D eigenvalue weighted by Crippen LogP contribution is 2.20. The zero-order valence-corrected chi connectivity index (χ0v) is 22.0. The molecule has 3 rings (SSSR count). The number of likely N-dealkylation sites (N-methyl/N-ethyl adjacent to an activating group) is 1. The second-order valence-corrected chi connectivity index (χ2v) is 9.79. The van der Waals surface area contributed by atoms with Crippen LogP contribution in [0.3, 0.4) is 0 Å². The second-order valence-electron chi connectivity index (χ2n) is 9.79. The van der Waals surface area contributed by atoms with Crippen molar-refractivity contribution in [3.05, 3.63) is 64.9 Å². The van der Waals surface area contributed by atoms with Crippen molar-refractivity contribution in [1.82, 2.24) is 24.0 Å². The van der Waals surface area contributed by atoms with Gasteiger partial charge >= 0.3 is 6.09 Å². The molecule has 0 unspecified atom stereocenters. The predicted octanol–water partition coefficient (Wildman–Crippen LogP) is 3.32. The van der Waals surface area contributed by atoms with E-state index in [1.165, 1.54) is 50.8 Å². The minimum absolute atomic E-state index is 0.0400. The Bertz CT molecular complexity index is 1430. The number of carbonyl (C=O) groups excluding carboxylic acids is 3. The summed E-state index contributed by atoms with van der Waals surface area (Å²) in [5.41, 5.74) is -0.855. The molecule has 0 radical (unpaired) electrons. The molecule has 0 aliphatic heterocycles. The summed E-state index contributed by atoms with van der Waals surface area (Å²) in [4.78, 5) is 59.7. The van der Waals surface area contributed by atoms with Crippen molar-refractivity contribution in [1.29, 1.82) is 0 Å². The molecule has 0 aliphatic carbocycles. The number of hydrogen-bond donors (Lipinski definition) is 1. The number of anilines is 1. The van der Waals surface area contributed by atoms with E-state index in [1.807, 2.05) is 0 Å². The molecule has 12 heteroatoms. The fourth-order valence-corrected chi connectivity index (χ4v) is 3.45. The van der Waals surface area contributed by atoms with Crippen molar-refractivity contribution in [2.24, 2.45) is 0 Å². The number of rotatable bonds is 8. The van der Waals surface area contributed by atoms with E-state index < -0.39 is 23.1 Å². The number of nitrogens with zero attached hydrogens (tertiary/aromatic N) is 5. The fraction of sp³-hybridized carbons (Fsp3) is 0.385. The van der Waals surface area contributed by atoms with Gasteiger partial charge in [-0.25, -0.2) is 23.7 Å². The van der Waals surface area contributed by atoms with Gasteiger partial charge < -0.3 is 15.0 Å². The van der Waals surface area contributed by atoms with E-state index in [4.69, 9.17) is 4.74 Å². The van der Waals surface area contributed by atoms with Crippen molar-refractivity contribution >= 4 is 34.6 Å². The van der Waals surface area contributed by atoms with Gasteiger partial charge in [-0.2, -0.15) is 0 Å². The van der Waals surface area contributed by atoms with Crippen LogP contribution >= 0.6 is 0 Å². The lowest BCUT2D eigenvalue weighted by Gasteiger charge is -2.20. The summed E-state index contributed by atoms with van der Waals surface area (Å²) in [5.74, 6) is -0.923. The zero-order chi connectivity index (χ0) is 28.0. The number of halogens is 1. The zero-order valence-electron chi connectivity index (χ0n) is 22.0. The van der Waals surface area contributed by atoms with Crippen LogP contribution < -0.4 is 10.9 Å². The standard InChI is InChI=1S/C26H31FN6O5/c1-26(2,3)38-25(37)33-20-12-11-17(27)13-18(20)29-21(33)15-32-16-28-14-19(24(32)36)30-22(34)9-7-6-8-10-23(35)31(4)5/h8,10-14,16H,6-7,9,15H2,1-5H3,(H,30,34)/b10-8+. The SMILES string of the molecule is CN(C)C(=O)/C=C/CCCC(=O)Nc1cncn(Cc2nc3cc(F)ccc3n2C(=O)OC(C)(C)C)c1=O. The molecule has 3 aromatic rings. The molecule has 2 amide bonds. The summed E-state index contributed by atoms with van der Waals surface area (Å²) in [6, 6.07) is 3.80. The number of fused-ring (bicyclic) bond motifs is 1. The second kappa shape index (κ2) is 11.8. The predicted molar refractivity (Wildman–Crippen MR) is 139 cm³/mol. The maximum absolute atomic E-state index is 13.8. The third-order valence-electron chi connectivity index (χ3n) is 5.22. The van der Waals surface area contributed by atoms with Gasteiger partial charge in [0.25, 0.3) is 5.56 Å². The Labute approximate surface area is 218 Å². The molecular weight excluding hydrogens is 495 g/mol. The lowest BCUT2D eigenvalue weighted by molar-refractivity contribution is -0.123. The first-order valence-electron chi connectivity index (χ1n) is 12.0. The average Bonchev–Trinajstić information content (AvgIpc) is 3.17. The van der Waals surface area contributed by atoms with Gasteiger partial charge in [0.05, 0.1) is 30.1 Å². The van der Waals surface area contributed by atoms with Crippen molar-refractivity contribution in [3.63, 3.8) is 0 Å². The Morgan fingerprint density at radius 2 is 1.95 bits per heavy atom. The van der Waals surface area contributed by atoms with E-state index in [0.29, 0.717) is 18.4 Å². The van der Waals surface area contributed by atoms with Gasteiger partial charge in [0.1, 0.15) is 22.9 Å². The third-order valence-corrected chi connectivity index (χ3v) is 5.22. The summed E-state index contributed by atoms with van der Waals surface area (Å²) in [6.45, 7) is 4.95. The normalized spacial score (nSPS) is 11.6. The van der Waals surface area contributed by atoms with Crippen LogP contribution in [0.25, 0.3) is 11.0 Å². The number of benzene rings is 1. The molecule has 0 spiro atoms. The molecule has 0 saturated carbocycles. The Morgan fingerprint density at radius 1 is 1.21 bits per heavy atom. The van der Waals surface area contributed by atoms with Gasteiger partial charge in [-0.1, -0.05) is 6.08 Å². The maximum Gasteiger partial charge on any atom is 0.420 e. The molecule has 11 nitrogen and oxygen atoms in total. The molecule has 202 valence electrons. The molecule has 1 aromatic carbocycles. The molecule has 0 aliphatic rings. The van der Waals surface area contributed by atoms with Gasteiger partial charge in [-0.05, 0) is 51.8 Å². The van der Waals surface area contributed by atoms with E-state index in [2.05, 4.69) is 15.3 Å². The summed E-state index contributed by atoms with van der Waals surface area (Å²) < 4.78 is 21.7. The number of imidazole rings is 1. The number of hydrogen-bond acceptors (Lipinski definition) is 7. The molecule has 2 heterocycles. The Kier molecular flexibility index (Phi) is 8.76. The largest absolute Gasteiger partial charge is 0.443 e. The molecule has 0 fully saturated rings. The van der Waals surface area contributed by atoms with E-state index in [0.717, 1.165) is 0 Å². The number of allylic oxidation sites excluding steroid dienone is 1. The van der Waals surface area contributed by atoms with Crippen molar-refractivity contribution < 1.29 is 23.5 Å². The van der Waals surface area contributed by atoms with Crippen LogP contribution in [0, 0.1) is 5.82 Å². The minimum Gasteiger partial charge on any atom is -0.443 e. The molecule has 0 saturated heterocycles. The summed E-state index contributed by atoms with van der Waals surface area (Å²) >= 11 is 0. The fourth-order valence-electron chi connectivity index (χ4n) is 3.45. The van der Waals surface area contributed by atoms with Crippen LogP contribution in [0.5, 0.6) is 0 Å². The Balaban J connectivity index is 1.78. The number of ether oxygens (including phenoxy) is 1. The number of nitrogens with one attached hydrogen (secondary N) is 1. The summed E-state index contributed by atoms with van der Waals surface area (Å²) in [5, 5.41) is 2.55. The smallest absolute Gasteiger partial charge is 0.420 e. The van der Waals surface area contributed by atoms with Crippen LogP contribution in [-0.2, 0) is 20.9 Å². The maximum atomic E-state index is 13.8. The van der Waals surface area contributed by atoms with Gasteiger partial charge in [0.2, 0.25) is 11.8 Å². The monoisotopic (exact) mass is 526 g/mol. The Hall–Kier alpha value is -4.35. The lowest BCUT2D eigenvalue weighted by atomic mass is 10.2. The summed E-state index contributed by atoms with van der Waals surface area (Å²) in [7, 11) is 3.29. The van der Waals surface area contributed by atoms with E-state index in [1.54, 1.807) is 40.9 Å². The molecule has 1 N–H and O–H groups in total. The highest BCUT2D eigenvalue weighted by atomic mass is 19.1. The van der Waals surface area contributed by atoms with Crippen LogP contribution in [0.2, 0.25) is 0 Å². The van der Waals surface area contributed by atoms with E-state index in [9.17, 15) is 23.6 Å². The first kappa shape index (κ1) is 28.2. The number of aromatic nitrogens is 4. The number of carbonyl (C=O) groups is 3. The topological polar surface area (TPSA) is 128 Å². The van der Waals surface area contributed by atoms with Crippen molar-refractivity contribution in [2.45, 2.75) is 52.2 Å². The average molecular weight is 527 g/mol. The molecule has 2 aromatic heterocycles. The summed E-state index contributed by atoms with van der Waals surface area (Å²) in [6.07, 6.45) is 6.02. The molecule has 0 bridgehead atoms. The van der Waals surface area contributed by atoms with Gasteiger partial charge in [0.15, 0.2) is 0 Å². The van der Waals surface area contributed by atoms with Gasteiger partial charge in [0, 0.05) is 26.6 Å². The van der Waals surface area contributed by atoms with Crippen molar-refractivity contribution in [3.8, 4) is 0 Å². The van der Waals surface area contributed by atoms with Crippen LogP contribution in [0.1, 0.15) is 45.9 Å². The van der Waals surface area contributed by atoms with Crippen LogP contribution in [0.4, 0.5) is 14.9 Å². The first-order chi connectivity index (χ1) is 17.9. The number of unbranched alkanes of at least 4 members (excludes halogenated alkanes) is 1. The minimum atomic E-state index is -0.800.